The first-order valence-electron chi connectivity index (χ1n) is 12.4. The van der Waals surface area contributed by atoms with Gasteiger partial charge >= 0.3 is 6.18 Å². The number of nitrogens with zero attached hydrogens (tertiary/aromatic N) is 6. The van der Waals surface area contributed by atoms with Crippen LogP contribution in [-0.4, -0.2) is 80.9 Å². The number of halogens is 3. The molecule has 7 heterocycles. The van der Waals surface area contributed by atoms with Crippen molar-refractivity contribution in [1.29, 1.82) is 0 Å². The third kappa shape index (κ3) is 3.84. The predicted molar refractivity (Wildman–Crippen MR) is 133 cm³/mol. The Morgan fingerprint density at radius 2 is 2.16 bits per heavy atom. The lowest BCUT2D eigenvalue weighted by Crippen LogP contribution is -2.60. The van der Waals surface area contributed by atoms with Crippen LogP contribution in [0.25, 0.3) is 27.6 Å². The molecule has 3 atom stereocenters. The highest BCUT2D eigenvalue weighted by Crippen LogP contribution is 2.48. The van der Waals surface area contributed by atoms with E-state index in [1.807, 2.05) is 6.92 Å². The number of hydrogen-bond acceptors (Lipinski definition) is 9. The highest BCUT2D eigenvalue weighted by atomic mass is 32.1. The van der Waals surface area contributed by atoms with Crippen LogP contribution in [0.5, 0.6) is 5.75 Å². The average molecular weight is 547 g/mol. The van der Waals surface area contributed by atoms with Gasteiger partial charge < -0.3 is 19.7 Å². The van der Waals surface area contributed by atoms with E-state index in [1.54, 1.807) is 12.3 Å². The van der Waals surface area contributed by atoms with Crippen LogP contribution in [-0.2, 0) is 11.2 Å². The second kappa shape index (κ2) is 8.64. The van der Waals surface area contributed by atoms with Crippen molar-refractivity contribution in [3.63, 3.8) is 0 Å². The Morgan fingerprint density at radius 3 is 2.89 bits per heavy atom. The molecular formula is C24H25F3N8O2S. The maximum atomic E-state index is 13.8. The van der Waals surface area contributed by atoms with Gasteiger partial charge in [-0.05, 0) is 25.3 Å². The fourth-order valence-electron chi connectivity index (χ4n) is 5.79. The zero-order valence-electron chi connectivity index (χ0n) is 20.6. The minimum atomic E-state index is -4.44. The van der Waals surface area contributed by atoms with Crippen molar-refractivity contribution in [2.75, 3.05) is 31.8 Å². The summed E-state index contributed by atoms with van der Waals surface area (Å²) < 4.78 is 53.5. The van der Waals surface area contributed by atoms with Gasteiger partial charge in [-0.2, -0.15) is 23.4 Å². The highest BCUT2D eigenvalue weighted by Gasteiger charge is 2.53. The van der Waals surface area contributed by atoms with Gasteiger partial charge in [-0.15, -0.1) is 0 Å². The van der Waals surface area contributed by atoms with Crippen molar-refractivity contribution in [1.82, 2.24) is 35.1 Å². The van der Waals surface area contributed by atoms with Crippen LogP contribution in [0.3, 0.4) is 0 Å². The number of aromatic amines is 1. The van der Waals surface area contributed by atoms with Crippen molar-refractivity contribution >= 4 is 22.0 Å². The number of thiazole rings is 1. The number of alkyl halides is 3. The van der Waals surface area contributed by atoms with Gasteiger partial charge in [-0.1, -0.05) is 11.3 Å². The third-order valence-electron chi connectivity index (χ3n) is 7.69. The molecule has 4 aliphatic rings. The Labute approximate surface area is 219 Å². The van der Waals surface area contributed by atoms with Crippen LogP contribution in [0.2, 0.25) is 0 Å². The Balaban J connectivity index is 1.25. The number of rotatable bonds is 7. The maximum absolute atomic E-state index is 13.8. The van der Waals surface area contributed by atoms with E-state index in [2.05, 4.69) is 30.5 Å². The zero-order chi connectivity index (χ0) is 26.2. The van der Waals surface area contributed by atoms with Crippen LogP contribution in [0.15, 0.2) is 18.6 Å². The van der Waals surface area contributed by atoms with E-state index in [4.69, 9.17) is 14.5 Å². The molecule has 4 aromatic rings. The third-order valence-corrected chi connectivity index (χ3v) is 8.90. The van der Waals surface area contributed by atoms with Crippen molar-refractivity contribution in [3.05, 3.63) is 29.8 Å². The van der Waals surface area contributed by atoms with Gasteiger partial charge in [-0.3, -0.25) is 5.10 Å². The molecule has 3 aliphatic heterocycles. The second-order valence-corrected chi connectivity index (χ2v) is 11.1. The summed E-state index contributed by atoms with van der Waals surface area (Å²) in [6.45, 7) is 4.33. The summed E-state index contributed by atoms with van der Waals surface area (Å²) in [6, 6.07) is 2.81. The summed E-state index contributed by atoms with van der Waals surface area (Å²) in [5.74, 6) is 0.950. The van der Waals surface area contributed by atoms with Crippen LogP contribution >= 0.6 is 11.3 Å². The number of pyridine rings is 1. The maximum Gasteiger partial charge on any atom is 0.393 e. The average Bonchev–Trinajstić information content (AvgIpc) is 3.63. The molecule has 1 aliphatic carbocycles. The van der Waals surface area contributed by atoms with Gasteiger partial charge in [-0.25, -0.2) is 14.5 Å². The summed E-state index contributed by atoms with van der Waals surface area (Å²) in [4.78, 5) is 11.2. The number of methoxy groups -OCH3 is 1. The van der Waals surface area contributed by atoms with Crippen LogP contribution < -0.4 is 15.0 Å². The standard InChI is InChI=1S/C24H25F3N8O2S/c1-11-23(34-6-12-3-16(34)19(12)31-14-8-37-9-14)38-22(30-11)20-15(5-24(25,26)27)18(32-33-20)13-4-17(36-2)21-28-10-29-35(21)7-13/h4,7,10,12,14,16,19,31H,3,5-6,8-9H2,1-2H3,(H,32,33)/t12-,16+,19?/m0/s1. The van der Waals surface area contributed by atoms with E-state index in [9.17, 15) is 13.2 Å². The molecule has 38 heavy (non-hydrogen) atoms. The van der Waals surface area contributed by atoms with Gasteiger partial charge in [0.05, 0.1) is 49.9 Å². The number of hydrogen-bond donors (Lipinski definition) is 2. The van der Waals surface area contributed by atoms with Crippen molar-refractivity contribution in [2.45, 2.75) is 44.1 Å². The molecule has 4 fully saturated rings. The molecular weight excluding hydrogens is 521 g/mol. The lowest BCUT2D eigenvalue weighted by Gasteiger charge is -2.41. The Kier molecular flexibility index (Phi) is 5.43. The van der Waals surface area contributed by atoms with Gasteiger partial charge in [0.2, 0.25) is 0 Å². The van der Waals surface area contributed by atoms with E-state index in [-0.39, 0.29) is 17.0 Å². The largest absolute Gasteiger partial charge is 0.493 e. The quantitative estimate of drug-likeness (QED) is 0.364. The number of aromatic nitrogens is 6. The molecule has 2 N–H and O–H groups in total. The molecule has 8 rings (SSSR count). The molecule has 1 saturated carbocycles. The topological polar surface area (TPSA) is 105 Å². The van der Waals surface area contributed by atoms with Gasteiger partial charge in [0.15, 0.2) is 11.4 Å². The first-order valence-corrected chi connectivity index (χ1v) is 13.2. The number of ether oxygens (including phenoxy) is 2. The van der Waals surface area contributed by atoms with Gasteiger partial charge in [0.25, 0.3) is 0 Å². The first kappa shape index (κ1) is 23.9. The minimum Gasteiger partial charge on any atom is -0.493 e. The number of fused-ring (bicyclic) bond motifs is 2. The number of anilines is 1. The summed E-state index contributed by atoms with van der Waals surface area (Å²) in [7, 11) is 1.48. The van der Waals surface area contributed by atoms with Crippen molar-refractivity contribution < 1.29 is 22.6 Å². The fraction of sp³-hybridized carbons (Fsp3) is 0.500. The van der Waals surface area contributed by atoms with E-state index in [0.717, 1.165) is 36.9 Å². The fourth-order valence-corrected chi connectivity index (χ4v) is 6.95. The predicted octanol–water partition coefficient (Wildman–Crippen LogP) is 3.23. The molecule has 0 spiro atoms. The molecule has 10 nitrogen and oxygen atoms in total. The summed E-state index contributed by atoms with van der Waals surface area (Å²) >= 11 is 1.41. The number of aryl methyl sites for hydroxylation is 1. The molecule has 200 valence electrons. The molecule has 0 aromatic carbocycles. The lowest BCUT2D eigenvalue weighted by atomic mass is 9.79. The lowest BCUT2D eigenvalue weighted by molar-refractivity contribution is -0.127. The minimum absolute atomic E-state index is 0.0366. The van der Waals surface area contributed by atoms with Crippen LogP contribution in [0, 0.1) is 12.8 Å². The van der Waals surface area contributed by atoms with E-state index in [1.165, 1.54) is 29.3 Å². The Morgan fingerprint density at radius 1 is 1.32 bits per heavy atom. The Hall–Kier alpha value is -3.23. The number of nitrogens with one attached hydrogen (secondary N) is 2. The summed E-state index contributed by atoms with van der Waals surface area (Å²) in [6.07, 6.45) is -1.52. The molecule has 1 unspecified atom stereocenters. The van der Waals surface area contributed by atoms with Crippen LogP contribution in [0.1, 0.15) is 17.7 Å². The van der Waals surface area contributed by atoms with Crippen molar-refractivity contribution in [2.24, 2.45) is 5.92 Å². The van der Waals surface area contributed by atoms with E-state index >= 15 is 0 Å². The molecule has 0 amide bonds. The molecule has 14 heteroatoms. The second-order valence-electron chi connectivity index (χ2n) is 10.1. The summed E-state index contributed by atoms with van der Waals surface area (Å²) in [5, 5.41) is 16.5. The highest BCUT2D eigenvalue weighted by molar-refractivity contribution is 7.19. The molecule has 2 bridgehead atoms. The van der Waals surface area contributed by atoms with E-state index < -0.39 is 12.6 Å². The van der Waals surface area contributed by atoms with Crippen LogP contribution in [0.4, 0.5) is 18.2 Å². The smallest absolute Gasteiger partial charge is 0.393 e. The SMILES string of the molecule is COc1cc(-c2n[nH]c(-c3nc(C)c(N4C[C@@H]5C[C@@H]4C5NC4COC4)s3)c2CC(F)(F)F)cn2ncnc12. The zero-order valence-corrected chi connectivity index (χ0v) is 21.4. The van der Waals surface area contributed by atoms with Gasteiger partial charge in [0, 0.05) is 36.0 Å². The first-order chi connectivity index (χ1) is 18.3. The normalized spacial score (nSPS) is 23.2. The van der Waals surface area contributed by atoms with E-state index in [0.29, 0.717) is 46.0 Å². The molecule has 3 saturated heterocycles. The van der Waals surface area contributed by atoms with Gasteiger partial charge in [0.1, 0.15) is 16.3 Å². The summed E-state index contributed by atoms with van der Waals surface area (Å²) in [5.41, 5.74) is 2.20. The molecule has 4 aromatic heterocycles. The number of H-pyrrole nitrogens is 1. The molecule has 0 radical (unpaired) electrons. The Bertz CT molecular complexity index is 1510. The monoisotopic (exact) mass is 546 g/mol. The van der Waals surface area contributed by atoms with Crippen molar-refractivity contribution in [3.8, 4) is 27.7 Å².